The highest BCUT2D eigenvalue weighted by atomic mass is 16.6. The zero-order valence-electron chi connectivity index (χ0n) is 12.7. The summed E-state index contributed by atoms with van der Waals surface area (Å²) in [6.45, 7) is 4.33. The fraction of sp³-hybridized carbons (Fsp3) is 0.562. The number of rotatable bonds is 3. The number of piperidine rings is 1. The van der Waals surface area contributed by atoms with Gasteiger partial charge in [0.25, 0.3) is 0 Å². The standard InChI is InChI=1S/C16H22N2O4/c1-11(18-6-2-3-13(19)10-18)16(20)17-12-4-5-14-15(9-12)22-8-7-21-14/h4-5,9,11,13,19H,2-3,6-8,10H2,1H3,(H,17,20). The van der Waals surface area contributed by atoms with Crippen molar-refractivity contribution in [1.82, 2.24) is 4.90 Å². The summed E-state index contributed by atoms with van der Waals surface area (Å²) < 4.78 is 11.0. The molecule has 2 heterocycles. The van der Waals surface area contributed by atoms with Crippen LogP contribution in [-0.2, 0) is 4.79 Å². The zero-order chi connectivity index (χ0) is 15.5. The summed E-state index contributed by atoms with van der Waals surface area (Å²) in [6.07, 6.45) is 1.40. The van der Waals surface area contributed by atoms with Crippen molar-refractivity contribution in [2.75, 3.05) is 31.6 Å². The van der Waals surface area contributed by atoms with E-state index in [2.05, 4.69) is 5.32 Å². The normalized spacial score (nSPS) is 22.9. The van der Waals surface area contributed by atoms with Crippen molar-refractivity contribution in [3.63, 3.8) is 0 Å². The van der Waals surface area contributed by atoms with Crippen molar-refractivity contribution >= 4 is 11.6 Å². The minimum atomic E-state index is -0.335. The Kier molecular flexibility index (Phi) is 4.49. The molecule has 0 spiro atoms. The number of β-amino-alcohol motifs (C(OH)–C–C–N with tert-alkyl or cyclic N) is 1. The van der Waals surface area contributed by atoms with Crippen LogP contribution >= 0.6 is 0 Å². The first-order valence-corrected chi connectivity index (χ1v) is 7.76. The first kappa shape index (κ1) is 15.1. The van der Waals surface area contributed by atoms with Crippen LogP contribution in [0.3, 0.4) is 0 Å². The first-order chi connectivity index (χ1) is 10.6. The molecule has 0 aromatic heterocycles. The summed E-state index contributed by atoms with van der Waals surface area (Å²) >= 11 is 0. The van der Waals surface area contributed by atoms with E-state index in [0.29, 0.717) is 36.9 Å². The van der Waals surface area contributed by atoms with Crippen LogP contribution in [0.25, 0.3) is 0 Å². The molecule has 2 aliphatic heterocycles. The van der Waals surface area contributed by atoms with Gasteiger partial charge in [-0.3, -0.25) is 9.69 Å². The van der Waals surface area contributed by atoms with E-state index < -0.39 is 0 Å². The van der Waals surface area contributed by atoms with Gasteiger partial charge >= 0.3 is 0 Å². The van der Waals surface area contributed by atoms with E-state index in [1.54, 1.807) is 12.1 Å². The number of nitrogens with zero attached hydrogens (tertiary/aromatic N) is 1. The Morgan fingerprint density at radius 2 is 2.14 bits per heavy atom. The molecule has 2 N–H and O–H groups in total. The average Bonchev–Trinajstić information content (AvgIpc) is 2.54. The summed E-state index contributed by atoms with van der Waals surface area (Å²) in [5, 5.41) is 12.6. The van der Waals surface area contributed by atoms with E-state index in [0.717, 1.165) is 19.4 Å². The molecule has 120 valence electrons. The number of fused-ring (bicyclic) bond motifs is 1. The second-order valence-electron chi connectivity index (χ2n) is 5.81. The van der Waals surface area contributed by atoms with E-state index in [-0.39, 0.29) is 18.1 Å². The van der Waals surface area contributed by atoms with Gasteiger partial charge in [0.05, 0.1) is 12.1 Å². The summed E-state index contributed by atoms with van der Waals surface area (Å²) in [6, 6.07) is 5.12. The maximum Gasteiger partial charge on any atom is 0.241 e. The molecule has 2 unspecified atom stereocenters. The molecule has 3 rings (SSSR count). The van der Waals surface area contributed by atoms with Gasteiger partial charge in [-0.05, 0) is 38.4 Å². The third-order valence-electron chi connectivity index (χ3n) is 4.16. The van der Waals surface area contributed by atoms with Crippen LogP contribution in [-0.4, -0.2) is 54.4 Å². The van der Waals surface area contributed by atoms with Crippen molar-refractivity contribution in [3.05, 3.63) is 18.2 Å². The number of aliphatic hydroxyl groups is 1. The number of hydrogen-bond acceptors (Lipinski definition) is 5. The van der Waals surface area contributed by atoms with Gasteiger partial charge in [0.1, 0.15) is 13.2 Å². The molecule has 1 amide bonds. The Morgan fingerprint density at radius 3 is 2.91 bits per heavy atom. The van der Waals surface area contributed by atoms with Crippen LogP contribution in [0.1, 0.15) is 19.8 Å². The molecular formula is C16H22N2O4. The lowest BCUT2D eigenvalue weighted by Gasteiger charge is -2.34. The molecule has 22 heavy (non-hydrogen) atoms. The Balaban J connectivity index is 1.63. The monoisotopic (exact) mass is 306 g/mol. The Morgan fingerprint density at radius 1 is 1.36 bits per heavy atom. The van der Waals surface area contributed by atoms with Gasteiger partial charge in [-0.25, -0.2) is 0 Å². The van der Waals surface area contributed by atoms with Crippen LogP contribution in [0.15, 0.2) is 18.2 Å². The third kappa shape index (κ3) is 3.34. The van der Waals surface area contributed by atoms with Gasteiger partial charge in [0.15, 0.2) is 11.5 Å². The number of hydrogen-bond donors (Lipinski definition) is 2. The quantitative estimate of drug-likeness (QED) is 0.879. The van der Waals surface area contributed by atoms with Crippen LogP contribution in [0.4, 0.5) is 5.69 Å². The smallest absolute Gasteiger partial charge is 0.241 e. The Hall–Kier alpha value is -1.79. The predicted octanol–water partition coefficient (Wildman–Crippen LogP) is 1.24. The number of likely N-dealkylation sites (tertiary alicyclic amines) is 1. The summed E-state index contributed by atoms with van der Waals surface area (Å²) in [5.41, 5.74) is 0.693. The first-order valence-electron chi connectivity index (χ1n) is 7.76. The van der Waals surface area contributed by atoms with Gasteiger partial charge in [-0.2, -0.15) is 0 Å². The average molecular weight is 306 g/mol. The van der Waals surface area contributed by atoms with E-state index in [9.17, 15) is 9.90 Å². The fourth-order valence-corrected chi connectivity index (χ4v) is 2.87. The highest BCUT2D eigenvalue weighted by Gasteiger charge is 2.26. The minimum Gasteiger partial charge on any atom is -0.486 e. The summed E-state index contributed by atoms with van der Waals surface area (Å²) in [7, 11) is 0. The molecule has 2 atom stereocenters. The van der Waals surface area contributed by atoms with Crippen molar-refractivity contribution < 1.29 is 19.4 Å². The second-order valence-corrected chi connectivity index (χ2v) is 5.81. The largest absolute Gasteiger partial charge is 0.486 e. The number of carbonyl (C=O) groups excluding carboxylic acids is 1. The van der Waals surface area contributed by atoms with E-state index in [4.69, 9.17) is 9.47 Å². The van der Waals surface area contributed by atoms with Crippen molar-refractivity contribution in [2.24, 2.45) is 0 Å². The highest BCUT2D eigenvalue weighted by Crippen LogP contribution is 2.32. The molecular weight excluding hydrogens is 284 g/mol. The second kappa shape index (κ2) is 6.54. The van der Waals surface area contributed by atoms with Gasteiger partial charge in [-0.15, -0.1) is 0 Å². The lowest BCUT2D eigenvalue weighted by molar-refractivity contribution is -0.121. The van der Waals surface area contributed by atoms with Crippen LogP contribution in [0.2, 0.25) is 0 Å². The summed E-state index contributed by atoms with van der Waals surface area (Å²) in [5.74, 6) is 1.28. The number of benzene rings is 1. The van der Waals surface area contributed by atoms with E-state index >= 15 is 0 Å². The number of anilines is 1. The van der Waals surface area contributed by atoms with Crippen molar-refractivity contribution in [2.45, 2.75) is 31.9 Å². The molecule has 6 heteroatoms. The molecule has 1 fully saturated rings. The fourth-order valence-electron chi connectivity index (χ4n) is 2.87. The van der Waals surface area contributed by atoms with Crippen LogP contribution in [0.5, 0.6) is 11.5 Å². The maximum atomic E-state index is 12.4. The van der Waals surface area contributed by atoms with Crippen molar-refractivity contribution in [1.29, 1.82) is 0 Å². The molecule has 1 aromatic rings. The third-order valence-corrected chi connectivity index (χ3v) is 4.16. The highest BCUT2D eigenvalue weighted by molar-refractivity contribution is 5.94. The van der Waals surface area contributed by atoms with Gasteiger partial charge < -0.3 is 19.9 Å². The topological polar surface area (TPSA) is 71.0 Å². The molecule has 0 aliphatic carbocycles. The number of amides is 1. The molecule has 1 aromatic carbocycles. The van der Waals surface area contributed by atoms with Gasteiger partial charge in [-0.1, -0.05) is 0 Å². The van der Waals surface area contributed by atoms with E-state index in [1.165, 1.54) is 0 Å². The van der Waals surface area contributed by atoms with E-state index in [1.807, 2.05) is 17.9 Å². The van der Waals surface area contributed by atoms with Crippen LogP contribution < -0.4 is 14.8 Å². The molecule has 0 bridgehead atoms. The molecule has 6 nitrogen and oxygen atoms in total. The molecule has 0 radical (unpaired) electrons. The van der Waals surface area contributed by atoms with Gasteiger partial charge in [0, 0.05) is 18.3 Å². The number of aliphatic hydroxyl groups excluding tert-OH is 1. The number of nitrogens with one attached hydrogen (secondary N) is 1. The molecule has 0 saturated carbocycles. The molecule has 1 saturated heterocycles. The lowest BCUT2D eigenvalue weighted by atomic mass is 10.1. The minimum absolute atomic E-state index is 0.0780. The Bertz CT molecular complexity index is 549. The zero-order valence-corrected chi connectivity index (χ0v) is 12.7. The number of ether oxygens (including phenoxy) is 2. The SMILES string of the molecule is CC(C(=O)Nc1ccc2c(c1)OCCO2)N1CCCC(O)C1. The predicted molar refractivity (Wildman–Crippen MR) is 82.3 cm³/mol. The summed E-state index contributed by atoms with van der Waals surface area (Å²) in [4.78, 5) is 14.4. The van der Waals surface area contributed by atoms with Crippen LogP contribution in [0, 0.1) is 0 Å². The Labute approximate surface area is 130 Å². The van der Waals surface area contributed by atoms with Gasteiger partial charge in [0.2, 0.25) is 5.91 Å². The molecule has 2 aliphatic rings. The lowest BCUT2D eigenvalue weighted by Crippen LogP contribution is -2.48. The maximum absolute atomic E-state index is 12.4. The number of carbonyl (C=O) groups is 1. The van der Waals surface area contributed by atoms with Crippen molar-refractivity contribution in [3.8, 4) is 11.5 Å².